The molecule has 160 valence electrons. The molecule has 0 aliphatic heterocycles. The van der Waals surface area contributed by atoms with Gasteiger partial charge < -0.3 is 0 Å². The van der Waals surface area contributed by atoms with Crippen LogP contribution in [0.4, 0.5) is 4.39 Å². The Kier molecular flexibility index (Phi) is 6.34. The highest BCUT2D eigenvalue weighted by atomic mass is 32.2. The molecule has 4 nitrogen and oxygen atoms in total. The van der Waals surface area contributed by atoms with Crippen LogP contribution in [0.15, 0.2) is 48.7 Å². The van der Waals surface area contributed by atoms with Gasteiger partial charge in [-0.2, -0.15) is 8.42 Å². The van der Waals surface area contributed by atoms with Crippen molar-refractivity contribution in [1.29, 1.82) is 0 Å². The van der Waals surface area contributed by atoms with Crippen molar-refractivity contribution in [2.45, 2.75) is 32.1 Å². The summed E-state index contributed by atoms with van der Waals surface area (Å²) in [6.45, 7) is 0.257. The number of halogens is 1. The lowest BCUT2D eigenvalue weighted by Gasteiger charge is -2.28. The first-order valence-corrected chi connectivity index (χ1v) is 12.5. The minimum atomic E-state index is -3.43. The second-order valence-electron chi connectivity index (χ2n) is 8.61. The Morgan fingerprint density at radius 2 is 2.00 bits per heavy atom. The molecule has 0 N–H and O–H groups in total. The number of benzene rings is 1. The maximum absolute atomic E-state index is 13.5. The van der Waals surface area contributed by atoms with E-state index >= 15 is 0 Å². The SMILES string of the molecule is CS(=O)(=O)OC[C@H]1C[C@H]2CCCC[C@H]2[C@@H]1C=Cc1ccc(-c2cccc(F)c2)cn1. The standard InChI is InChI=1S/C24H28FNO3S/c1-30(27,28)29-16-20-13-18-5-2-3-8-23(18)24(20)12-11-22-10-9-19(15-26-22)17-6-4-7-21(25)14-17/h4,6-7,9-12,14-15,18,20,23-24H,2-3,5,8,13,16H2,1H3/t18-,20-,23-,24-/m1/s1. The molecule has 1 aromatic heterocycles. The molecule has 1 heterocycles. The van der Waals surface area contributed by atoms with Crippen LogP contribution < -0.4 is 0 Å². The van der Waals surface area contributed by atoms with E-state index < -0.39 is 10.1 Å². The highest BCUT2D eigenvalue weighted by Crippen LogP contribution is 2.50. The second-order valence-corrected chi connectivity index (χ2v) is 10.3. The van der Waals surface area contributed by atoms with Crippen LogP contribution in [0.25, 0.3) is 17.2 Å². The summed E-state index contributed by atoms with van der Waals surface area (Å²) in [5.74, 6) is 1.51. The summed E-state index contributed by atoms with van der Waals surface area (Å²) in [5.41, 5.74) is 2.52. The van der Waals surface area contributed by atoms with Crippen LogP contribution >= 0.6 is 0 Å². The normalized spacial score (nSPS) is 26.7. The number of aromatic nitrogens is 1. The van der Waals surface area contributed by atoms with Crippen molar-refractivity contribution in [2.75, 3.05) is 12.9 Å². The summed E-state index contributed by atoms with van der Waals surface area (Å²) in [6, 6.07) is 10.4. The van der Waals surface area contributed by atoms with Crippen LogP contribution in [0.3, 0.4) is 0 Å². The van der Waals surface area contributed by atoms with Gasteiger partial charge in [-0.15, -0.1) is 0 Å². The molecule has 2 aliphatic rings. The summed E-state index contributed by atoms with van der Waals surface area (Å²) < 4.78 is 41.6. The molecule has 0 bridgehead atoms. The van der Waals surface area contributed by atoms with E-state index in [0.29, 0.717) is 17.8 Å². The number of rotatable bonds is 6. The van der Waals surface area contributed by atoms with Crippen LogP contribution in [0.5, 0.6) is 0 Å². The monoisotopic (exact) mass is 429 g/mol. The molecule has 0 unspecified atom stereocenters. The molecule has 30 heavy (non-hydrogen) atoms. The van der Waals surface area contributed by atoms with E-state index in [1.54, 1.807) is 12.3 Å². The van der Waals surface area contributed by atoms with Gasteiger partial charge in [0, 0.05) is 11.8 Å². The average molecular weight is 430 g/mol. The van der Waals surface area contributed by atoms with Gasteiger partial charge in [-0.1, -0.05) is 43.5 Å². The molecule has 4 atom stereocenters. The smallest absolute Gasteiger partial charge is 0.264 e. The van der Waals surface area contributed by atoms with Gasteiger partial charge >= 0.3 is 0 Å². The van der Waals surface area contributed by atoms with Gasteiger partial charge in [-0.25, -0.2) is 4.39 Å². The molecule has 0 saturated heterocycles. The zero-order valence-corrected chi connectivity index (χ0v) is 18.0. The maximum Gasteiger partial charge on any atom is 0.264 e. The van der Waals surface area contributed by atoms with Crippen molar-refractivity contribution in [3.63, 3.8) is 0 Å². The number of nitrogens with zero attached hydrogens (tertiary/aromatic N) is 1. The van der Waals surface area contributed by atoms with Crippen LogP contribution in [-0.4, -0.2) is 26.3 Å². The Bertz CT molecular complexity index is 1000. The quantitative estimate of drug-likeness (QED) is 0.583. The molecule has 2 aliphatic carbocycles. The number of hydrogen-bond donors (Lipinski definition) is 0. The minimum Gasteiger partial charge on any atom is -0.270 e. The van der Waals surface area contributed by atoms with Gasteiger partial charge in [0.2, 0.25) is 0 Å². The van der Waals surface area contributed by atoms with Crippen LogP contribution in [0.2, 0.25) is 0 Å². The van der Waals surface area contributed by atoms with Gasteiger partial charge in [-0.05, 0) is 66.4 Å². The number of allylic oxidation sites excluding steroid dienone is 1. The fraction of sp³-hybridized carbons (Fsp3) is 0.458. The molecule has 4 rings (SSSR count). The topological polar surface area (TPSA) is 56.3 Å². The molecular formula is C24H28FNO3S. The van der Waals surface area contributed by atoms with Crippen molar-refractivity contribution < 1.29 is 17.0 Å². The Morgan fingerprint density at radius 1 is 1.17 bits per heavy atom. The lowest BCUT2D eigenvalue weighted by Crippen LogP contribution is -2.21. The van der Waals surface area contributed by atoms with E-state index in [-0.39, 0.29) is 18.3 Å². The van der Waals surface area contributed by atoms with Crippen LogP contribution in [0.1, 0.15) is 37.8 Å². The third-order valence-corrected chi connectivity index (χ3v) is 7.11. The Hall–Kier alpha value is -2.05. The van der Waals surface area contributed by atoms with E-state index in [2.05, 4.69) is 11.1 Å². The minimum absolute atomic E-state index is 0.218. The van der Waals surface area contributed by atoms with E-state index in [1.165, 1.54) is 37.8 Å². The third kappa shape index (κ3) is 5.16. The highest BCUT2D eigenvalue weighted by Gasteiger charge is 2.42. The molecule has 0 spiro atoms. The summed E-state index contributed by atoms with van der Waals surface area (Å²) in [7, 11) is -3.43. The fourth-order valence-corrected chi connectivity index (χ4v) is 5.60. The van der Waals surface area contributed by atoms with Gasteiger partial charge in [-0.3, -0.25) is 9.17 Å². The van der Waals surface area contributed by atoms with Crippen molar-refractivity contribution in [1.82, 2.24) is 4.98 Å². The van der Waals surface area contributed by atoms with Gasteiger partial charge in [0.05, 0.1) is 18.6 Å². The molecule has 0 radical (unpaired) electrons. The Labute approximate surface area is 178 Å². The summed E-state index contributed by atoms with van der Waals surface area (Å²) in [4.78, 5) is 4.52. The lowest BCUT2D eigenvalue weighted by atomic mass is 9.77. The largest absolute Gasteiger partial charge is 0.270 e. The van der Waals surface area contributed by atoms with Gasteiger partial charge in [0.25, 0.3) is 10.1 Å². The first-order chi connectivity index (χ1) is 14.4. The molecule has 6 heteroatoms. The Morgan fingerprint density at radius 3 is 2.73 bits per heavy atom. The molecule has 2 saturated carbocycles. The lowest BCUT2D eigenvalue weighted by molar-refractivity contribution is 0.218. The van der Waals surface area contributed by atoms with Crippen LogP contribution in [0, 0.1) is 29.5 Å². The maximum atomic E-state index is 13.5. The van der Waals surface area contributed by atoms with Crippen molar-refractivity contribution in [3.8, 4) is 11.1 Å². The summed E-state index contributed by atoms with van der Waals surface area (Å²) >= 11 is 0. The highest BCUT2D eigenvalue weighted by molar-refractivity contribution is 7.85. The summed E-state index contributed by atoms with van der Waals surface area (Å²) in [6.07, 6.45) is 13.1. The number of fused-ring (bicyclic) bond motifs is 1. The van der Waals surface area contributed by atoms with E-state index in [1.807, 2.05) is 24.3 Å². The van der Waals surface area contributed by atoms with Crippen LogP contribution in [-0.2, 0) is 14.3 Å². The fourth-order valence-electron chi connectivity index (χ4n) is 5.17. The second kappa shape index (κ2) is 8.98. The average Bonchev–Trinajstić information content (AvgIpc) is 3.08. The van der Waals surface area contributed by atoms with E-state index in [9.17, 15) is 12.8 Å². The Balaban J connectivity index is 1.49. The number of pyridine rings is 1. The predicted octanol–water partition coefficient (Wildman–Crippen LogP) is 5.32. The molecule has 1 aromatic carbocycles. The number of hydrogen-bond acceptors (Lipinski definition) is 4. The molecule has 2 aromatic rings. The first-order valence-electron chi connectivity index (χ1n) is 10.6. The summed E-state index contributed by atoms with van der Waals surface area (Å²) in [5, 5.41) is 0. The van der Waals surface area contributed by atoms with Crippen molar-refractivity contribution in [2.24, 2.45) is 23.7 Å². The zero-order chi connectivity index (χ0) is 21.1. The van der Waals surface area contributed by atoms with E-state index in [4.69, 9.17) is 4.18 Å². The third-order valence-electron chi connectivity index (χ3n) is 6.54. The van der Waals surface area contributed by atoms with Gasteiger partial charge in [0.1, 0.15) is 5.82 Å². The van der Waals surface area contributed by atoms with Gasteiger partial charge in [0.15, 0.2) is 0 Å². The zero-order valence-electron chi connectivity index (χ0n) is 17.2. The predicted molar refractivity (Wildman–Crippen MR) is 117 cm³/mol. The molecule has 2 fully saturated rings. The van der Waals surface area contributed by atoms with Crippen molar-refractivity contribution >= 4 is 16.2 Å². The molecule has 0 amide bonds. The molecular weight excluding hydrogens is 401 g/mol. The van der Waals surface area contributed by atoms with Crippen molar-refractivity contribution in [3.05, 3.63) is 60.2 Å². The van der Waals surface area contributed by atoms with E-state index in [0.717, 1.165) is 29.5 Å². The first kappa shape index (κ1) is 21.2.